The standard InChI is InChI=1S/C15H20ClNO2S2/c1-4-8-17(9-5-2)21(18,19)15-11(3)13-10-12(16)6-7-14(13)20-15/h6-7,10H,4-5,8-9H2,1-3H3. The van der Waals surface area contributed by atoms with E-state index >= 15 is 0 Å². The fourth-order valence-electron chi connectivity index (χ4n) is 2.38. The highest BCUT2D eigenvalue weighted by atomic mass is 35.5. The number of rotatable bonds is 6. The van der Waals surface area contributed by atoms with Gasteiger partial charge in [-0.25, -0.2) is 8.42 Å². The Morgan fingerprint density at radius 3 is 2.38 bits per heavy atom. The van der Waals surface area contributed by atoms with Gasteiger partial charge in [0, 0.05) is 22.8 Å². The van der Waals surface area contributed by atoms with Crippen molar-refractivity contribution in [2.75, 3.05) is 13.1 Å². The third-order valence-corrected chi connectivity index (χ3v) is 7.38. The van der Waals surface area contributed by atoms with Gasteiger partial charge in [-0.3, -0.25) is 0 Å². The number of aryl methyl sites for hydroxylation is 1. The van der Waals surface area contributed by atoms with Gasteiger partial charge in [0.25, 0.3) is 10.0 Å². The lowest BCUT2D eigenvalue weighted by molar-refractivity contribution is 0.411. The first-order valence-corrected chi connectivity index (χ1v) is 9.74. The van der Waals surface area contributed by atoms with Crippen LogP contribution in [0.4, 0.5) is 0 Å². The van der Waals surface area contributed by atoms with E-state index in [9.17, 15) is 8.42 Å². The monoisotopic (exact) mass is 345 g/mol. The van der Waals surface area contributed by atoms with Crippen molar-refractivity contribution in [1.29, 1.82) is 0 Å². The van der Waals surface area contributed by atoms with Gasteiger partial charge in [0.15, 0.2) is 0 Å². The van der Waals surface area contributed by atoms with Gasteiger partial charge < -0.3 is 0 Å². The normalized spacial score (nSPS) is 12.4. The Balaban J connectivity index is 2.55. The third kappa shape index (κ3) is 3.26. The number of hydrogen-bond acceptors (Lipinski definition) is 3. The van der Waals surface area contributed by atoms with Gasteiger partial charge in [-0.1, -0.05) is 25.4 Å². The lowest BCUT2D eigenvalue weighted by Gasteiger charge is -2.20. The summed E-state index contributed by atoms with van der Waals surface area (Å²) in [7, 11) is -3.42. The van der Waals surface area contributed by atoms with Gasteiger partial charge in [-0.05, 0) is 48.9 Å². The highest BCUT2D eigenvalue weighted by molar-refractivity contribution is 7.91. The number of benzene rings is 1. The highest BCUT2D eigenvalue weighted by Gasteiger charge is 2.27. The van der Waals surface area contributed by atoms with Crippen LogP contribution in [0.1, 0.15) is 32.3 Å². The van der Waals surface area contributed by atoms with E-state index in [1.165, 1.54) is 11.3 Å². The summed E-state index contributed by atoms with van der Waals surface area (Å²) in [4.78, 5) is 0. The summed E-state index contributed by atoms with van der Waals surface area (Å²) in [5.41, 5.74) is 0.801. The van der Waals surface area contributed by atoms with Gasteiger partial charge in [0.05, 0.1) is 0 Å². The summed E-state index contributed by atoms with van der Waals surface area (Å²) in [6, 6.07) is 5.52. The Kier molecular flexibility index (Phi) is 5.30. The van der Waals surface area contributed by atoms with Crippen molar-refractivity contribution in [3.63, 3.8) is 0 Å². The molecule has 0 amide bonds. The molecular weight excluding hydrogens is 326 g/mol. The van der Waals surface area contributed by atoms with E-state index in [2.05, 4.69) is 0 Å². The Labute approximate surface area is 135 Å². The molecule has 0 bridgehead atoms. The summed E-state index contributed by atoms with van der Waals surface area (Å²) >= 11 is 7.35. The van der Waals surface area contributed by atoms with Crippen LogP contribution in [0.15, 0.2) is 22.4 Å². The molecule has 0 saturated heterocycles. The summed E-state index contributed by atoms with van der Waals surface area (Å²) in [6.45, 7) is 6.97. The molecule has 0 aliphatic heterocycles. The minimum absolute atomic E-state index is 0.446. The first kappa shape index (κ1) is 16.7. The molecule has 3 nitrogen and oxygen atoms in total. The second kappa shape index (κ2) is 6.65. The van der Waals surface area contributed by atoms with Gasteiger partial charge in [0.1, 0.15) is 4.21 Å². The molecule has 0 saturated carbocycles. The Hall–Kier alpha value is -0.620. The topological polar surface area (TPSA) is 37.4 Å². The number of thiophene rings is 1. The molecule has 2 aromatic rings. The Morgan fingerprint density at radius 2 is 1.81 bits per heavy atom. The van der Waals surface area contributed by atoms with Crippen LogP contribution in [-0.4, -0.2) is 25.8 Å². The molecule has 0 radical (unpaired) electrons. The van der Waals surface area contributed by atoms with Crippen molar-refractivity contribution < 1.29 is 8.42 Å². The van der Waals surface area contributed by atoms with Crippen LogP contribution < -0.4 is 0 Å². The summed E-state index contributed by atoms with van der Waals surface area (Å²) in [6.07, 6.45) is 1.63. The quantitative estimate of drug-likeness (QED) is 0.762. The maximum atomic E-state index is 12.9. The SMILES string of the molecule is CCCN(CCC)S(=O)(=O)c1sc2ccc(Cl)cc2c1C. The van der Waals surface area contributed by atoms with Gasteiger partial charge in [-0.15, -0.1) is 11.3 Å². The Bertz CT molecular complexity index is 731. The van der Waals surface area contributed by atoms with Gasteiger partial charge in [-0.2, -0.15) is 4.31 Å². The first-order chi connectivity index (χ1) is 9.91. The van der Waals surface area contributed by atoms with E-state index in [0.29, 0.717) is 22.3 Å². The van der Waals surface area contributed by atoms with Crippen molar-refractivity contribution in [2.45, 2.75) is 37.8 Å². The maximum Gasteiger partial charge on any atom is 0.252 e. The van der Waals surface area contributed by atoms with Gasteiger partial charge in [0.2, 0.25) is 0 Å². The molecule has 0 spiro atoms. The smallest absolute Gasteiger partial charge is 0.206 e. The zero-order valence-electron chi connectivity index (χ0n) is 12.5. The highest BCUT2D eigenvalue weighted by Crippen LogP contribution is 2.37. The molecule has 2 rings (SSSR count). The van der Waals surface area contributed by atoms with Crippen LogP contribution in [0.2, 0.25) is 5.02 Å². The molecule has 21 heavy (non-hydrogen) atoms. The molecule has 0 unspecified atom stereocenters. The number of nitrogens with zero attached hydrogens (tertiary/aromatic N) is 1. The second-order valence-electron chi connectivity index (χ2n) is 5.06. The second-order valence-corrected chi connectivity index (χ2v) is 8.68. The fourth-order valence-corrected chi connectivity index (χ4v) is 6.06. The summed E-state index contributed by atoms with van der Waals surface area (Å²) in [5.74, 6) is 0. The van der Waals surface area contributed by atoms with Gasteiger partial charge >= 0.3 is 0 Å². The lowest BCUT2D eigenvalue weighted by Crippen LogP contribution is -2.32. The lowest BCUT2D eigenvalue weighted by atomic mass is 10.2. The fraction of sp³-hybridized carbons (Fsp3) is 0.467. The van der Waals surface area contributed by atoms with E-state index in [1.54, 1.807) is 10.4 Å². The first-order valence-electron chi connectivity index (χ1n) is 7.10. The predicted octanol–water partition coefficient (Wildman–Crippen LogP) is 4.67. The third-order valence-electron chi connectivity index (χ3n) is 3.37. The average molecular weight is 346 g/mol. The largest absolute Gasteiger partial charge is 0.252 e. The van der Waals surface area contributed by atoms with Crippen LogP contribution in [0.3, 0.4) is 0 Å². The van der Waals surface area contributed by atoms with Crippen molar-refractivity contribution in [2.24, 2.45) is 0 Å². The molecule has 1 aromatic carbocycles. The molecule has 0 fully saturated rings. The Morgan fingerprint density at radius 1 is 1.19 bits per heavy atom. The molecular formula is C15H20ClNO2S2. The van der Waals surface area contributed by atoms with E-state index in [4.69, 9.17) is 11.6 Å². The number of sulfonamides is 1. The molecule has 0 aliphatic carbocycles. The van der Waals surface area contributed by atoms with Crippen molar-refractivity contribution in [3.8, 4) is 0 Å². The van der Waals surface area contributed by atoms with Crippen molar-refractivity contribution >= 4 is 43.0 Å². The van der Waals surface area contributed by atoms with E-state index in [1.807, 2.05) is 32.9 Å². The molecule has 1 aromatic heterocycles. The van der Waals surface area contributed by atoms with Crippen LogP contribution in [0.25, 0.3) is 10.1 Å². The van der Waals surface area contributed by atoms with Crippen LogP contribution in [0.5, 0.6) is 0 Å². The minimum Gasteiger partial charge on any atom is -0.206 e. The number of hydrogen-bond donors (Lipinski definition) is 0. The van der Waals surface area contributed by atoms with E-state index in [0.717, 1.165) is 28.5 Å². The molecule has 0 aliphatic rings. The minimum atomic E-state index is -3.42. The molecule has 116 valence electrons. The average Bonchev–Trinajstić information content (AvgIpc) is 2.76. The number of fused-ring (bicyclic) bond motifs is 1. The van der Waals surface area contributed by atoms with Crippen molar-refractivity contribution in [1.82, 2.24) is 4.31 Å². The zero-order chi connectivity index (χ0) is 15.6. The van der Waals surface area contributed by atoms with Crippen LogP contribution in [-0.2, 0) is 10.0 Å². The zero-order valence-corrected chi connectivity index (χ0v) is 14.9. The van der Waals surface area contributed by atoms with E-state index < -0.39 is 10.0 Å². The molecule has 1 heterocycles. The summed E-state index contributed by atoms with van der Waals surface area (Å²) in [5, 5.41) is 1.56. The summed E-state index contributed by atoms with van der Waals surface area (Å²) < 4.78 is 28.8. The van der Waals surface area contributed by atoms with E-state index in [-0.39, 0.29) is 0 Å². The van der Waals surface area contributed by atoms with Crippen molar-refractivity contribution in [3.05, 3.63) is 28.8 Å². The predicted molar refractivity (Wildman–Crippen MR) is 90.9 cm³/mol. The molecule has 0 N–H and O–H groups in total. The maximum absolute atomic E-state index is 12.9. The number of halogens is 1. The molecule has 0 atom stereocenters. The van der Waals surface area contributed by atoms with Crippen LogP contribution in [0, 0.1) is 6.92 Å². The molecule has 6 heteroatoms. The van der Waals surface area contributed by atoms with Crippen LogP contribution >= 0.6 is 22.9 Å².